The third-order valence-corrected chi connectivity index (χ3v) is 3.44. The highest BCUT2D eigenvalue weighted by molar-refractivity contribution is 5.99. The Labute approximate surface area is 124 Å². The van der Waals surface area contributed by atoms with Crippen LogP contribution in [0, 0.1) is 5.82 Å². The zero-order chi connectivity index (χ0) is 15.9. The minimum absolute atomic E-state index is 0.0488. The standard InChI is InChI=1S/C14H12FN3O4/c1-22-10-3-2-7(6-9(10)15)18-12-8(4-5-16-13(12)19)11(17-18)14(20)21/h2-3,6H,4-5H2,1H3,(H,16,19)(H,20,21). The minimum atomic E-state index is -1.22. The number of carboxylic acid groups (broad SMARTS) is 1. The molecule has 8 heteroatoms. The zero-order valence-electron chi connectivity index (χ0n) is 11.6. The molecule has 0 unspecified atom stereocenters. The van der Waals surface area contributed by atoms with Crippen molar-refractivity contribution in [2.45, 2.75) is 6.42 Å². The maximum absolute atomic E-state index is 13.8. The second-order valence-electron chi connectivity index (χ2n) is 4.72. The van der Waals surface area contributed by atoms with Gasteiger partial charge in [0.15, 0.2) is 17.3 Å². The molecule has 0 saturated heterocycles. The van der Waals surface area contributed by atoms with Crippen molar-refractivity contribution in [2.24, 2.45) is 0 Å². The van der Waals surface area contributed by atoms with Gasteiger partial charge in [-0.2, -0.15) is 5.10 Å². The topological polar surface area (TPSA) is 93.5 Å². The molecule has 22 heavy (non-hydrogen) atoms. The van der Waals surface area contributed by atoms with Crippen LogP contribution in [0.4, 0.5) is 4.39 Å². The molecule has 1 aromatic carbocycles. The van der Waals surface area contributed by atoms with E-state index in [-0.39, 0.29) is 22.8 Å². The van der Waals surface area contributed by atoms with E-state index in [4.69, 9.17) is 4.74 Å². The average molecular weight is 305 g/mol. The van der Waals surface area contributed by atoms with E-state index in [1.54, 1.807) is 0 Å². The number of rotatable bonds is 3. The average Bonchev–Trinajstić information content (AvgIpc) is 2.88. The van der Waals surface area contributed by atoms with Gasteiger partial charge in [0.25, 0.3) is 5.91 Å². The number of aromatic nitrogens is 2. The molecule has 0 bridgehead atoms. The second-order valence-corrected chi connectivity index (χ2v) is 4.72. The lowest BCUT2D eigenvalue weighted by Gasteiger charge is -2.15. The highest BCUT2D eigenvalue weighted by Gasteiger charge is 2.30. The molecule has 1 aliphatic heterocycles. The van der Waals surface area contributed by atoms with E-state index >= 15 is 0 Å². The van der Waals surface area contributed by atoms with Gasteiger partial charge >= 0.3 is 5.97 Å². The summed E-state index contributed by atoms with van der Waals surface area (Å²) in [5.74, 6) is -2.24. The molecule has 1 amide bonds. The maximum Gasteiger partial charge on any atom is 0.356 e. The van der Waals surface area contributed by atoms with E-state index < -0.39 is 17.7 Å². The zero-order valence-corrected chi connectivity index (χ0v) is 11.6. The molecule has 1 aliphatic rings. The fraction of sp³-hybridized carbons (Fsp3) is 0.214. The number of carboxylic acids is 1. The van der Waals surface area contributed by atoms with Crippen LogP contribution in [-0.4, -0.2) is 40.4 Å². The summed E-state index contributed by atoms with van der Waals surface area (Å²) in [6, 6.07) is 4.03. The summed E-state index contributed by atoms with van der Waals surface area (Å²) in [4.78, 5) is 23.3. The molecule has 3 rings (SSSR count). The molecule has 1 aromatic heterocycles. The molecule has 114 valence electrons. The number of hydrogen-bond acceptors (Lipinski definition) is 4. The molecule has 0 radical (unpaired) electrons. The molecule has 0 spiro atoms. The van der Waals surface area contributed by atoms with Gasteiger partial charge in [0.2, 0.25) is 0 Å². The van der Waals surface area contributed by atoms with E-state index in [2.05, 4.69) is 10.4 Å². The predicted molar refractivity (Wildman–Crippen MR) is 73.1 cm³/mol. The van der Waals surface area contributed by atoms with Gasteiger partial charge < -0.3 is 15.2 Å². The summed E-state index contributed by atoms with van der Waals surface area (Å²) in [7, 11) is 1.34. The van der Waals surface area contributed by atoms with Crippen LogP contribution in [0.2, 0.25) is 0 Å². The Balaban J connectivity index is 2.21. The number of nitrogens with one attached hydrogen (secondary N) is 1. The van der Waals surface area contributed by atoms with E-state index in [1.807, 2.05) is 0 Å². The number of halogens is 1. The van der Waals surface area contributed by atoms with Crippen molar-refractivity contribution in [3.05, 3.63) is 41.0 Å². The Bertz CT molecular complexity index is 785. The van der Waals surface area contributed by atoms with E-state index in [0.29, 0.717) is 18.5 Å². The fourth-order valence-corrected chi connectivity index (χ4v) is 2.45. The molecule has 0 saturated carbocycles. The highest BCUT2D eigenvalue weighted by atomic mass is 19.1. The molecule has 0 fully saturated rings. The van der Waals surface area contributed by atoms with Gasteiger partial charge in [0, 0.05) is 18.2 Å². The van der Waals surface area contributed by atoms with Crippen LogP contribution in [-0.2, 0) is 6.42 Å². The van der Waals surface area contributed by atoms with Crippen molar-refractivity contribution in [3.8, 4) is 11.4 Å². The van der Waals surface area contributed by atoms with Crippen LogP contribution < -0.4 is 10.1 Å². The minimum Gasteiger partial charge on any atom is -0.494 e. The van der Waals surface area contributed by atoms with E-state index in [1.165, 1.54) is 19.2 Å². The maximum atomic E-state index is 13.8. The first-order valence-electron chi connectivity index (χ1n) is 6.50. The predicted octanol–water partition coefficient (Wildman–Crippen LogP) is 1.00. The van der Waals surface area contributed by atoms with Crippen molar-refractivity contribution in [1.29, 1.82) is 0 Å². The largest absolute Gasteiger partial charge is 0.494 e. The number of carbonyl (C=O) groups excluding carboxylic acids is 1. The Morgan fingerprint density at radius 1 is 1.50 bits per heavy atom. The number of benzene rings is 1. The first-order valence-corrected chi connectivity index (χ1v) is 6.50. The fourth-order valence-electron chi connectivity index (χ4n) is 2.45. The van der Waals surface area contributed by atoms with Gasteiger partial charge in [0.1, 0.15) is 5.69 Å². The summed E-state index contributed by atoms with van der Waals surface area (Å²) in [5, 5.41) is 15.8. The summed E-state index contributed by atoms with van der Waals surface area (Å²) < 4.78 is 19.8. The van der Waals surface area contributed by atoms with Crippen LogP contribution in [0.3, 0.4) is 0 Å². The van der Waals surface area contributed by atoms with Crippen LogP contribution >= 0.6 is 0 Å². The van der Waals surface area contributed by atoms with E-state index in [9.17, 15) is 19.1 Å². The molecule has 2 aromatic rings. The van der Waals surface area contributed by atoms with Gasteiger partial charge in [-0.3, -0.25) is 4.79 Å². The molecule has 0 aliphatic carbocycles. The van der Waals surface area contributed by atoms with Gasteiger partial charge in [-0.1, -0.05) is 0 Å². The summed E-state index contributed by atoms with van der Waals surface area (Å²) >= 11 is 0. The molecule has 0 atom stereocenters. The number of fused-ring (bicyclic) bond motifs is 1. The first-order chi connectivity index (χ1) is 10.5. The van der Waals surface area contributed by atoms with Crippen molar-refractivity contribution >= 4 is 11.9 Å². The number of aromatic carboxylic acids is 1. The quantitative estimate of drug-likeness (QED) is 0.882. The molecule has 2 N–H and O–H groups in total. The lowest BCUT2D eigenvalue weighted by Crippen LogP contribution is -2.33. The van der Waals surface area contributed by atoms with E-state index in [0.717, 1.165) is 10.7 Å². The number of methoxy groups -OCH3 is 1. The van der Waals surface area contributed by atoms with Crippen LogP contribution in [0.15, 0.2) is 18.2 Å². The highest BCUT2D eigenvalue weighted by Crippen LogP contribution is 2.25. The number of carbonyl (C=O) groups is 2. The van der Waals surface area contributed by atoms with Gasteiger partial charge in [-0.25, -0.2) is 13.9 Å². The molecular formula is C14H12FN3O4. The van der Waals surface area contributed by atoms with Gasteiger partial charge in [0.05, 0.1) is 12.8 Å². The van der Waals surface area contributed by atoms with Crippen molar-refractivity contribution < 1.29 is 23.8 Å². The van der Waals surface area contributed by atoms with Gasteiger partial charge in [-0.15, -0.1) is 0 Å². The smallest absolute Gasteiger partial charge is 0.356 e. The Morgan fingerprint density at radius 2 is 2.27 bits per heavy atom. The number of ether oxygens (including phenoxy) is 1. The molecule has 2 heterocycles. The number of hydrogen-bond donors (Lipinski definition) is 2. The monoisotopic (exact) mass is 305 g/mol. The Kier molecular flexibility index (Phi) is 3.28. The summed E-state index contributed by atoms with van der Waals surface area (Å²) in [5.41, 5.74) is 0.529. The summed E-state index contributed by atoms with van der Waals surface area (Å²) in [6.45, 7) is 0.342. The SMILES string of the molecule is COc1ccc(-n2nc(C(=O)O)c3c2C(=O)NCC3)cc1F. The Hall–Kier alpha value is -2.90. The Morgan fingerprint density at radius 3 is 2.91 bits per heavy atom. The number of amides is 1. The van der Waals surface area contributed by atoms with Crippen molar-refractivity contribution in [1.82, 2.24) is 15.1 Å². The third-order valence-electron chi connectivity index (χ3n) is 3.44. The normalized spacial score (nSPS) is 13.5. The molecular weight excluding hydrogens is 293 g/mol. The number of nitrogens with zero attached hydrogens (tertiary/aromatic N) is 2. The second kappa shape index (κ2) is 5.14. The lowest BCUT2D eigenvalue weighted by molar-refractivity contribution is 0.0688. The first kappa shape index (κ1) is 14.1. The van der Waals surface area contributed by atoms with Crippen LogP contribution in [0.5, 0.6) is 5.75 Å². The summed E-state index contributed by atoms with van der Waals surface area (Å²) in [6.07, 6.45) is 0.362. The van der Waals surface area contributed by atoms with Crippen molar-refractivity contribution in [3.63, 3.8) is 0 Å². The van der Waals surface area contributed by atoms with Gasteiger partial charge in [-0.05, 0) is 18.6 Å². The lowest BCUT2D eigenvalue weighted by atomic mass is 10.1. The molecule has 7 nitrogen and oxygen atoms in total. The third kappa shape index (κ3) is 2.09. The van der Waals surface area contributed by atoms with Crippen molar-refractivity contribution in [2.75, 3.05) is 13.7 Å². The van der Waals surface area contributed by atoms with Crippen LogP contribution in [0.25, 0.3) is 5.69 Å². The van der Waals surface area contributed by atoms with Crippen LogP contribution in [0.1, 0.15) is 26.5 Å².